The van der Waals surface area contributed by atoms with Crippen LogP contribution >= 0.6 is 0 Å². The van der Waals surface area contributed by atoms with Crippen molar-refractivity contribution >= 4 is 0 Å². The first kappa shape index (κ1) is 16.2. The molecular weight excluding hydrogens is 192 g/mol. The molecule has 0 saturated heterocycles. The normalized spacial score (nSPS) is 12.2. The van der Waals surface area contributed by atoms with Gasteiger partial charge in [0.05, 0.1) is 25.9 Å². The highest BCUT2D eigenvalue weighted by Crippen LogP contribution is 1.93. The van der Waals surface area contributed by atoms with Gasteiger partial charge in [-0.05, 0) is 12.8 Å². The zero-order valence-electron chi connectivity index (χ0n) is 8.08. The lowest BCUT2D eigenvalue weighted by atomic mass is 10.2. The summed E-state index contributed by atoms with van der Waals surface area (Å²) in [6, 6.07) is 0. The fourth-order valence-corrected chi connectivity index (χ4v) is 0.476. The van der Waals surface area contributed by atoms with Crippen molar-refractivity contribution in [3.05, 3.63) is 0 Å². The van der Waals surface area contributed by atoms with E-state index in [1.807, 2.05) is 0 Å². The van der Waals surface area contributed by atoms with Crippen molar-refractivity contribution in [2.75, 3.05) is 26.4 Å². The lowest BCUT2D eigenvalue weighted by Crippen LogP contribution is -2.15. The summed E-state index contributed by atoms with van der Waals surface area (Å²) in [5.41, 5.74) is 0. The molecular formula is C8H20O6. The van der Waals surface area contributed by atoms with E-state index in [2.05, 4.69) is 0 Å². The average molecular weight is 212 g/mol. The molecule has 0 aromatic carbocycles. The summed E-state index contributed by atoms with van der Waals surface area (Å²) in [5.74, 6) is 0. The summed E-state index contributed by atoms with van der Waals surface area (Å²) in [6.45, 7) is -0.857. The van der Waals surface area contributed by atoms with Gasteiger partial charge in [0.2, 0.25) is 0 Å². The zero-order valence-corrected chi connectivity index (χ0v) is 8.08. The van der Waals surface area contributed by atoms with E-state index in [-0.39, 0.29) is 26.4 Å². The molecule has 0 rings (SSSR count). The molecule has 88 valence electrons. The molecule has 0 aliphatic rings. The molecule has 1 unspecified atom stereocenters. The van der Waals surface area contributed by atoms with Gasteiger partial charge in [0, 0.05) is 6.61 Å². The molecule has 14 heavy (non-hydrogen) atoms. The second-order valence-electron chi connectivity index (χ2n) is 2.72. The monoisotopic (exact) mass is 212 g/mol. The van der Waals surface area contributed by atoms with Crippen LogP contribution in [-0.4, -0.2) is 69.3 Å². The summed E-state index contributed by atoms with van der Waals surface area (Å²) >= 11 is 0. The Hall–Kier alpha value is -0.240. The lowest BCUT2D eigenvalue weighted by molar-refractivity contribution is 0.0450. The highest BCUT2D eigenvalue weighted by Gasteiger charge is 1.98. The first-order chi connectivity index (χ1) is 6.62. The molecule has 0 amide bonds. The maximum absolute atomic E-state index is 8.63. The quantitative estimate of drug-likeness (QED) is 0.288. The Morgan fingerprint density at radius 2 is 1.14 bits per heavy atom. The van der Waals surface area contributed by atoms with E-state index in [4.69, 9.17) is 30.6 Å². The summed E-state index contributed by atoms with van der Waals surface area (Å²) in [7, 11) is 0. The lowest BCUT2D eigenvalue weighted by Gasteiger charge is -2.02. The van der Waals surface area contributed by atoms with Crippen molar-refractivity contribution < 1.29 is 30.6 Å². The molecule has 0 radical (unpaired) electrons. The Labute approximate surface area is 83.1 Å². The van der Waals surface area contributed by atoms with E-state index >= 15 is 0 Å². The highest BCUT2D eigenvalue weighted by molar-refractivity contribution is 4.50. The molecule has 1 atom stereocenters. The van der Waals surface area contributed by atoms with Crippen molar-refractivity contribution in [3.8, 4) is 0 Å². The van der Waals surface area contributed by atoms with Gasteiger partial charge in [-0.3, -0.25) is 0 Å². The van der Waals surface area contributed by atoms with Crippen LogP contribution in [0.15, 0.2) is 0 Å². The molecule has 0 heterocycles. The number of aliphatic hydroxyl groups excluding tert-OH is 6. The second-order valence-corrected chi connectivity index (χ2v) is 2.72. The number of hydrogen-bond acceptors (Lipinski definition) is 6. The minimum Gasteiger partial charge on any atom is -0.396 e. The molecule has 0 aromatic rings. The van der Waals surface area contributed by atoms with Crippen LogP contribution < -0.4 is 0 Å². The number of rotatable bonds is 6. The highest BCUT2D eigenvalue weighted by atomic mass is 16.3. The molecule has 6 nitrogen and oxygen atoms in total. The van der Waals surface area contributed by atoms with Gasteiger partial charge in [-0.25, -0.2) is 0 Å². The van der Waals surface area contributed by atoms with Crippen LogP contribution in [0.25, 0.3) is 0 Å². The van der Waals surface area contributed by atoms with Gasteiger partial charge < -0.3 is 30.6 Å². The smallest absolute Gasteiger partial charge is 0.100 e. The SMILES string of the molecule is OCC(O)CO.OCCCC(O)CO. The molecule has 6 heteroatoms. The van der Waals surface area contributed by atoms with Crippen LogP contribution in [0, 0.1) is 0 Å². The molecule has 0 bridgehead atoms. The van der Waals surface area contributed by atoms with Gasteiger partial charge in [-0.15, -0.1) is 0 Å². The predicted octanol–water partition coefficient (Wildman–Crippen LogP) is -2.56. The molecule has 6 N–H and O–H groups in total. The molecule has 0 fully saturated rings. The fourth-order valence-electron chi connectivity index (χ4n) is 0.476. The van der Waals surface area contributed by atoms with Gasteiger partial charge in [0.1, 0.15) is 6.10 Å². The molecule has 0 aliphatic carbocycles. The molecule has 0 saturated carbocycles. The van der Waals surface area contributed by atoms with Crippen LogP contribution in [0.4, 0.5) is 0 Å². The number of aliphatic hydroxyl groups is 6. The second kappa shape index (κ2) is 12.8. The van der Waals surface area contributed by atoms with E-state index in [0.29, 0.717) is 12.8 Å². The third-order valence-corrected chi connectivity index (χ3v) is 1.33. The van der Waals surface area contributed by atoms with Crippen LogP contribution in [-0.2, 0) is 0 Å². The summed E-state index contributed by atoms with van der Waals surface area (Å²) < 4.78 is 0. The van der Waals surface area contributed by atoms with Crippen molar-refractivity contribution in [2.24, 2.45) is 0 Å². The van der Waals surface area contributed by atoms with Gasteiger partial charge in [-0.2, -0.15) is 0 Å². The van der Waals surface area contributed by atoms with E-state index in [1.165, 1.54) is 0 Å². The van der Waals surface area contributed by atoms with Gasteiger partial charge in [0.25, 0.3) is 0 Å². The van der Waals surface area contributed by atoms with Gasteiger partial charge in [0.15, 0.2) is 0 Å². The first-order valence-electron chi connectivity index (χ1n) is 4.41. The minimum absolute atomic E-state index is 0.0804. The number of hydrogen-bond donors (Lipinski definition) is 6. The van der Waals surface area contributed by atoms with Crippen LogP contribution in [0.1, 0.15) is 12.8 Å². The van der Waals surface area contributed by atoms with Crippen molar-refractivity contribution in [1.82, 2.24) is 0 Å². The summed E-state index contributed by atoms with van der Waals surface area (Å²) in [5, 5.41) is 49.1. The Balaban J connectivity index is 0. The fraction of sp³-hybridized carbons (Fsp3) is 1.00. The molecule has 0 aliphatic heterocycles. The molecule has 0 aromatic heterocycles. The standard InChI is InChI=1S/C5H12O3.C3H8O3/c6-3-1-2-5(8)4-7;4-1-3(6)2-5/h5-8H,1-4H2;3-6H,1-2H2. The van der Waals surface area contributed by atoms with Gasteiger partial charge >= 0.3 is 0 Å². The summed E-state index contributed by atoms with van der Waals surface area (Å²) in [6.07, 6.45) is -0.568. The largest absolute Gasteiger partial charge is 0.396 e. The average Bonchev–Trinajstić information content (AvgIpc) is 2.25. The van der Waals surface area contributed by atoms with Crippen molar-refractivity contribution in [1.29, 1.82) is 0 Å². The van der Waals surface area contributed by atoms with Crippen molar-refractivity contribution in [3.63, 3.8) is 0 Å². The van der Waals surface area contributed by atoms with Crippen molar-refractivity contribution in [2.45, 2.75) is 25.0 Å². The topological polar surface area (TPSA) is 121 Å². The van der Waals surface area contributed by atoms with Crippen LogP contribution in [0.5, 0.6) is 0 Å². The Bertz CT molecular complexity index is 95.8. The maximum Gasteiger partial charge on any atom is 0.100 e. The predicted molar refractivity (Wildman–Crippen MR) is 49.6 cm³/mol. The Kier molecular flexibility index (Phi) is 14.8. The summed E-state index contributed by atoms with van der Waals surface area (Å²) in [4.78, 5) is 0. The zero-order chi connectivity index (χ0) is 11.4. The third kappa shape index (κ3) is 14.3. The van der Waals surface area contributed by atoms with E-state index in [0.717, 1.165) is 0 Å². The minimum atomic E-state index is -0.954. The van der Waals surface area contributed by atoms with Crippen LogP contribution in [0.3, 0.4) is 0 Å². The molecule has 0 spiro atoms. The Morgan fingerprint density at radius 3 is 1.36 bits per heavy atom. The van der Waals surface area contributed by atoms with Crippen LogP contribution in [0.2, 0.25) is 0 Å². The Morgan fingerprint density at radius 1 is 0.714 bits per heavy atom. The van der Waals surface area contributed by atoms with E-state index < -0.39 is 12.2 Å². The first-order valence-corrected chi connectivity index (χ1v) is 4.41. The van der Waals surface area contributed by atoms with E-state index in [9.17, 15) is 0 Å². The maximum atomic E-state index is 8.63. The van der Waals surface area contributed by atoms with E-state index in [1.54, 1.807) is 0 Å². The van der Waals surface area contributed by atoms with Gasteiger partial charge in [-0.1, -0.05) is 0 Å². The third-order valence-electron chi connectivity index (χ3n) is 1.33.